The van der Waals surface area contributed by atoms with Gasteiger partial charge in [0.25, 0.3) is 0 Å². The molecule has 0 radical (unpaired) electrons. The van der Waals surface area contributed by atoms with Gasteiger partial charge in [0.1, 0.15) is 6.10 Å². The number of primary amides is 1. The van der Waals surface area contributed by atoms with Gasteiger partial charge in [-0.3, -0.25) is 9.88 Å². The van der Waals surface area contributed by atoms with Crippen LogP contribution in [0.4, 0.5) is 9.93 Å². The number of fused-ring (bicyclic) bond motifs is 1. The number of nitrogens with zero attached hydrogens (tertiary/aromatic N) is 5. The Morgan fingerprint density at radius 3 is 2.62 bits per heavy atom. The highest BCUT2D eigenvalue weighted by molar-refractivity contribution is 7.23. The van der Waals surface area contributed by atoms with Crippen LogP contribution in [0.1, 0.15) is 31.7 Å². The van der Waals surface area contributed by atoms with E-state index in [0.717, 1.165) is 45.4 Å². The zero-order valence-corrected chi connectivity index (χ0v) is 18.3. The third-order valence-corrected chi connectivity index (χ3v) is 6.70. The number of anilines is 1. The summed E-state index contributed by atoms with van der Waals surface area (Å²) in [5, 5.41) is 10.8. The Kier molecular flexibility index (Phi) is 5.28. The second-order valence-electron chi connectivity index (χ2n) is 7.78. The SMILES string of the molecule is CCN(C(N)=O)c1nc2cc(-c3cnc(C(O)C4CC4)nc3)cc(-c3ccccn3)c2s1. The highest BCUT2D eigenvalue weighted by atomic mass is 32.1. The molecule has 162 valence electrons. The van der Waals surface area contributed by atoms with Crippen molar-refractivity contribution in [2.45, 2.75) is 25.9 Å². The van der Waals surface area contributed by atoms with E-state index in [0.29, 0.717) is 17.5 Å². The van der Waals surface area contributed by atoms with Gasteiger partial charge in [0.2, 0.25) is 0 Å². The molecule has 0 spiro atoms. The summed E-state index contributed by atoms with van der Waals surface area (Å²) in [4.78, 5) is 31.3. The fourth-order valence-corrected chi connectivity index (χ4v) is 4.80. The second-order valence-corrected chi connectivity index (χ2v) is 8.76. The van der Waals surface area contributed by atoms with Crippen molar-refractivity contribution in [1.29, 1.82) is 0 Å². The van der Waals surface area contributed by atoms with Crippen LogP contribution in [0.2, 0.25) is 0 Å². The van der Waals surface area contributed by atoms with Gasteiger partial charge in [-0.25, -0.2) is 19.7 Å². The molecule has 1 fully saturated rings. The molecular formula is C23H22N6O2S. The molecule has 5 rings (SSSR count). The number of aliphatic hydroxyl groups excluding tert-OH is 1. The lowest BCUT2D eigenvalue weighted by atomic mass is 10.0. The van der Waals surface area contributed by atoms with E-state index in [2.05, 4.69) is 19.9 Å². The Morgan fingerprint density at radius 1 is 1.22 bits per heavy atom. The number of nitrogens with two attached hydrogens (primary N) is 1. The Labute approximate surface area is 188 Å². The minimum atomic E-state index is -0.606. The number of aliphatic hydroxyl groups is 1. The van der Waals surface area contributed by atoms with E-state index in [1.54, 1.807) is 18.6 Å². The van der Waals surface area contributed by atoms with Crippen LogP contribution in [-0.4, -0.2) is 37.6 Å². The van der Waals surface area contributed by atoms with Gasteiger partial charge in [-0.05, 0) is 55.5 Å². The van der Waals surface area contributed by atoms with Crippen molar-refractivity contribution in [2.75, 3.05) is 11.4 Å². The number of benzene rings is 1. The Morgan fingerprint density at radius 2 is 2.00 bits per heavy atom. The van der Waals surface area contributed by atoms with Gasteiger partial charge in [0, 0.05) is 36.3 Å². The lowest BCUT2D eigenvalue weighted by Crippen LogP contribution is -2.35. The van der Waals surface area contributed by atoms with E-state index in [9.17, 15) is 9.90 Å². The third-order valence-electron chi connectivity index (χ3n) is 5.57. The zero-order chi connectivity index (χ0) is 22.2. The van der Waals surface area contributed by atoms with E-state index in [1.807, 2.05) is 37.3 Å². The van der Waals surface area contributed by atoms with Gasteiger partial charge in [-0.15, -0.1) is 0 Å². The third kappa shape index (κ3) is 3.80. The normalized spacial score (nSPS) is 14.4. The lowest BCUT2D eigenvalue weighted by Gasteiger charge is -2.13. The van der Waals surface area contributed by atoms with Crippen LogP contribution in [-0.2, 0) is 0 Å². The number of hydrogen-bond donors (Lipinski definition) is 2. The van der Waals surface area contributed by atoms with Gasteiger partial charge in [-0.1, -0.05) is 17.4 Å². The van der Waals surface area contributed by atoms with Crippen LogP contribution < -0.4 is 10.6 Å². The van der Waals surface area contributed by atoms with E-state index >= 15 is 0 Å². The summed E-state index contributed by atoms with van der Waals surface area (Å²) in [6.45, 7) is 2.29. The minimum absolute atomic E-state index is 0.271. The highest BCUT2D eigenvalue weighted by Crippen LogP contribution is 2.41. The van der Waals surface area contributed by atoms with Crippen molar-refractivity contribution in [1.82, 2.24) is 19.9 Å². The average Bonchev–Trinajstić information content (AvgIpc) is 3.58. The molecule has 1 saturated carbocycles. The summed E-state index contributed by atoms with van der Waals surface area (Å²) in [6.07, 6.45) is 6.63. The molecule has 9 heteroatoms. The number of carbonyl (C=O) groups is 1. The first-order chi connectivity index (χ1) is 15.5. The molecule has 0 aliphatic heterocycles. The molecule has 2 amide bonds. The van der Waals surface area contributed by atoms with Crippen molar-refractivity contribution in [3.8, 4) is 22.4 Å². The number of aromatic nitrogens is 4. The summed E-state index contributed by atoms with van der Waals surface area (Å²) in [5.74, 6) is 0.728. The van der Waals surface area contributed by atoms with Crippen LogP contribution in [0.15, 0.2) is 48.9 Å². The largest absolute Gasteiger partial charge is 0.385 e. The van der Waals surface area contributed by atoms with E-state index in [1.165, 1.54) is 16.2 Å². The molecule has 3 N–H and O–H groups in total. The van der Waals surface area contributed by atoms with E-state index in [-0.39, 0.29) is 5.92 Å². The van der Waals surface area contributed by atoms with Gasteiger partial charge >= 0.3 is 6.03 Å². The number of pyridine rings is 1. The highest BCUT2D eigenvalue weighted by Gasteiger charge is 2.32. The Bertz CT molecular complexity index is 1270. The predicted octanol–water partition coefficient (Wildman–Crippen LogP) is 4.16. The number of urea groups is 1. The molecule has 32 heavy (non-hydrogen) atoms. The molecule has 8 nitrogen and oxygen atoms in total. The Hall–Kier alpha value is -3.43. The van der Waals surface area contributed by atoms with E-state index < -0.39 is 12.1 Å². The molecule has 0 saturated heterocycles. The van der Waals surface area contributed by atoms with Gasteiger partial charge in [0.05, 0.1) is 15.9 Å². The van der Waals surface area contributed by atoms with E-state index in [4.69, 9.17) is 5.73 Å². The average molecular weight is 447 g/mol. The summed E-state index contributed by atoms with van der Waals surface area (Å²) in [7, 11) is 0. The Balaban J connectivity index is 1.62. The molecule has 1 atom stereocenters. The molecule has 3 heterocycles. The smallest absolute Gasteiger partial charge is 0.321 e. The quantitative estimate of drug-likeness (QED) is 0.459. The van der Waals surface area contributed by atoms with Crippen molar-refractivity contribution >= 4 is 32.7 Å². The van der Waals surface area contributed by atoms with Crippen molar-refractivity contribution < 1.29 is 9.90 Å². The summed E-state index contributed by atoms with van der Waals surface area (Å²) < 4.78 is 0.920. The summed E-state index contributed by atoms with van der Waals surface area (Å²) in [5.41, 5.74) is 9.68. The molecule has 4 aromatic rings. The van der Waals surface area contributed by atoms with Crippen LogP contribution >= 0.6 is 11.3 Å². The van der Waals surface area contributed by atoms with Crippen LogP contribution in [0.5, 0.6) is 0 Å². The monoisotopic (exact) mass is 446 g/mol. The number of thiazole rings is 1. The maximum atomic E-state index is 11.9. The fraction of sp³-hybridized carbons (Fsp3) is 0.261. The summed E-state index contributed by atoms with van der Waals surface area (Å²) >= 11 is 1.41. The molecule has 0 bridgehead atoms. The van der Waals surface area contributed by atoms with Crippen molar-refractivity contribution in [3.63, 3.8) is 0 Å². The van der Waals surface area contributed by atoms with Crippen LogP contribution in [0.25, 0.3) is 32.6 Å². The summed E-state index contributed by atoms with van der Waals surface area (Å²) in [6, 6.07) is 9.18. The molecule has 1 unspecified atom stereocenters. The molecule has 1 aliphatic rings. The molecular weight excluding hydrogens is 424 g/mol. The molecule has 1 aromatic carbocycles. The van der Waals surface area contributed by atoms with Gasteiger partial charge in [0.15, 0.2) is 11.0 Å². The molecule has 1 aliphatic carbocycles. The lowest BCUT2D eigenvalue weighted by molar-refractivity contribution is 0.144. The first-order valence-corrected chi connectivity index (χ1v) is 11.3. The first kappa shape index (κ1) is 20.5. The first-order valence-electron chi connectivity index (χ1n) is 10.5. The fourth-order valence-electron chi connectivity index (χ4n) is 3.66. The standard InChI is InChI=1S/C23H22N6O2S/c1-2-29(22(24)31)23-28-18-10-14(9-16(20(18)32-23)17-5-3-4-8-25-17)15-11-26-21(27-12-15)19(30)13-6-7-13/h3-5,8-13,19,30H,2,6-7H2,1H3,(H2,24,31). The topological polar surface area (TPSA) is 118 Å². The zero-order valence-electron chi connectivity index (χ0n) is 17.5. The molecule has 3 aromatic heterocycles. The minimum Gasteiger partial charge on any atom is -0.385 e. The van der Waals surface area contributed by atoms with Crippen molar-refractivity contribution in [2.24, 2.45) is 11.7 Å². The van der Waals surface area contributed by atoms with Crippen LogP contribution in [0, 0.1) is 5.92 Å². The van der Waals surface area contributed by atoms with Crippen LogP contribution in [0.3, 0.4) is 0 Å². The van der Waals surface area contributed by atoms with Gasteiger partial charge in [-0.2, -0.15) is 0 Å². The second kappa shape index (κ2) is 8.25. The van der Waals surface area contributed by atoms with Gasteiger partial charge < -0.3 is 10.8 Å². The predicted molar refractivity (Wildman–Crippen MR) is 124 cm³/mol. The number of rotatable bonds is 6. The number of hydrogen-bond acceptors (Lipinski definition) is 7. The number of carbonyl (C=O) groups excluding carboxylic acids is 1. The number of amides is 2. The maximum Gasteiger partial charge on any atom is 0.321 e. The van der Waals surface area contributed by atoms with Crippen molar-refractivity contribution in [3.05, 3.63) is 54.7 Å². The maximum absolute atomic E-state index is 11.9.